The van der Waals surface area contributed by atoms with Crippen LogP contribution >= 0.6 is 0 Å². The lowest BCUT2D eigenvalue weighted by Crippen LogP contribution is -2.58. The van der Waals surface area contributed by atoms with Crippen LogP contribution in [-0.2, 0) is 23.0 Å². The summed E-state index contributed by atoms with van der Waals surface area (Å²) in [5.41, 5.74) is 4.30. The molecular formula is C24H30N2O4. The predicted molar refractivity (Wildman–Crippen MR) is 116 cm³/mol. The number of rotatable bonds is 7. The summed E-state index contributed by atoms with van der Waals surface area (Å²) in [5.74, 6) is 1.43. The van der Waals surface area contributed by atoms with Gasteiger partial charge < -0.3 is 9.47 Å². The average molecular weight is 411 g/mol. The molecule has 3 unspecified atom stereocenters. The number of likely N-dealkylation sites (tertiary alicyclic amines) is 1. The first-order valence-corrected chi connectivity index (χ1v) is 10.6. The molecule has 4 rings (SSSR count). The second-order valence-electron chi connectivity index (χ2n) is 8.81. The first-order chi connectivity index (χ1) is 14.4. The first-order valence-electron chi connectivity index (χ1n) is 10.6. The molecule has 6 nitrogen and oxygen atoms in total. The lowest BCUT2D eigenvalue weighted by molar-refractivity contribution is -0.384. The fraction of sp³-hybridized carbons (Fsp3) is 0.500. The molecule has 1 saturated heterocycles. The van der Waals surface area contributed by atoms with Crippen molar-refractivity contribution in [3.05, 3.63) is 69.3 Å². The summed E-state index contributed by atoms with van der Waals surface area (Å²) in [6.45, 7) is 7.10. The third-order valence-corrected chi connectivity index (χ3v) is 7.27. The largest absolute Gasteiger partial charge is 0.468 e. The van der Waals surface area contributed by atoms with Gasteiger partial charge in [-0.15, -0.1) is 0 Å². The highest BCUT2D eigenvalue weighted by molar-refractivity contribution is 5.44. The van der Waals surface area contributed by atoms with Crippen molar-refractivity contribution in [3.63, 3.8) is 0 Å². The fourth-order valence-corrected chi connectivity index (χ4v) is 5.24. The summed E-state index contributed by atoms with van der Waals surface area (Å²) >= 11 is 0. The summed E-state index contributed by atoms with van der Waals surface area (Å²) in [5, 5.41) is 10.9. The highest BCUT2D eigenvalue weighted by Gasteiger charge is 2.48. The molecule has 0 saturated carbocycles. The molecule has 0 radical (unpaired) electrons. The topological polar surface area (TPSA) is 64.8 Å². The molecule has 0 N–H and O–H groups in total. The summed E-state index contributed by atoms with van der Waals surface area (Å²) in [4.78, 5) is 13.1. The first kappa shape index (κ1) is 20.8. The molecule has 2 bridgehead atoms. The van der Waals surface area contributed by atoms with Gasteiger partial charge in [-0.05, 0) is 66.0 Å². The number of methoxy groups -OCH3 is 1. The molecule has 160 valence electrons. The zero-order valence-corrected chi connectivity index (χ0v) is 18.0. The summed E-state index contributed by atoms with van der Waals surface area (Å²) < 4.78 is 10.7. The number of nitro groups is 1. The van der Waals surface area contributed by atoms with Crippen LogP contribution in [0.1, 0.15) is 37.0 Å². The Kier molecular flexibility index (Phi) is 5.80. The van der Waals surface area contributed by atoms with Crippen molar-refractivity contribution in [1.29, 1.82) is 0 Å². The predicted octanol–water partition coefficient (Wildman–Crippen LogP) is 4.34. The maximum absolute atomic E-state index is 10.9. The van der Waals surface area contributed by atoms with Gasteiger partial charge in [-0.1, -0.05) is 32.0 Å². The van der Waals surface area contributed by atoms with E-state index in [4.69, 9.17) is 9.47 Å². The summed E-state index contributed by atoms with van der Waals surface area (Å²) in [7, 11) is 1.64. The van der Waals surface area contributed by atoms with Crippen molar-refractivity contribution in [2.75, 3.05) is 27.0 Å². The quantitative estimate of drug-likeness (QED) is 0.386. The minimum atomic E-state index is -0.345. The normalized spacial score (nSPS) is 25.6. The minimum absolute atomic E-state index is 0.147. The zero-order chi connectivity index (χ0) is 21.3. The van der Waals surface area contributed by atoms with Gasteiger partial charge in [0.1, 0.15) is 5.75 Å². The van der Waals surface area contributed by atoms with Gasteiger partial charge in [0.25, 0.3) is 5.69 Å². The molecule has 0 spiro atoms. The van der Waals surface area contributed by atoms with Gasteiger partial charge in [0.15, 0.2) is 6.79 Å². The van der Waals surface area contributed by atoms with Crippen LogP contribution in [0.15, 0.2) is 42.5 Å². The Labute approximate surface area is 177 Å². The van der Waals surface area contributed by atoms with E-state index in [1.807, 2.05) is 18.2 Å². The average Bonchev–Trinajstić information content (AvgIpc) is 2.74. The molecular weight excluding hydrogens is 380 g/mol. The number of hydrogen-bond donors (Lipinski definition) is 0. The van der Waals surface area contributed by atoms with Crippen LogP contribution < -0.4 is 4.74 Å². The maximum Gasteiger partial charge on any atom is 0.269 e. The van der Waals surface area contributed by atoms with Crippen LogP contribution in [0.4, 0.5) is 5.69 Å². The van der Waals surface area contributed by atoms with E-state index in [9.17, 15) is 10.1 Å². The highest BCUT2D eigenvalue weighted by Crippen LogP contribution is 2.49. The number of fused-ring (bicyclic) bond motifs is 4. The summed E-state index contributed by atoms with van der Waals surface area (Å²) in [6.07, 6.45) is 3.08. The van der Waals surface area contributed by atoms with Crippen molar-refractivity contribution in [1.82, 2.24) is 4.90 Å². The van der Waals surface area contributed by atoms with E-state index in [1.165, 1.54) is 11.1 Å². The lowest BCUT2D eigenvalue weighted by atomic mass is 9.59. The summed E-state index contributed by atoms with van der Waals surface area (Å²) in [6, 6.07) is 14.0. The van der Waals surface area contributed by atoms with Crippen LogP contribution in [0, 0.1) is 16.0 Å². The van der Waals surface area contributed by atoms with Crippen LogP contribution in [0.3, 0.4) is 0 Å². The van der Waals surface area contributed by atoms with Crippen molar-refractivity contribution in [2.24, 2.45) is 5.92 Å². The molecule has 2 aliphatic rings. The smallest absolute Gasteiger partial charge is 0.269 e. The van der Waals surface area contributed by atoms with E-state index in [0.717, 1.165) is 43.7 Å². The third-order valence-electron chi connectivity index (χ3n) is 7.27. The van der Waals surface area contributed by atoms with Crippen molar-refractivity contribution < 1.29 is 14.4 Å². The Morgan fingerprint density at radius 2 is 2.00 bits per heavy atom. The number of nitrogens with zero attached hydrogens (tertiary/aromatic N) is 2. The van der Waals surface area contributed by atoms with E-state index in [2.05, 4.69) is 30.9 Å². The molecule has 0 amide bonds. The number of benzene rings is 2. The molecule has 1 heterocycles. The molecule has 2 aromatic carbocycles. The molecule has 2 aromatic rings. The molecule has 1 aliphatic heterocycles. The number of non-ortho nitro benzene ring substituents is 1. The zero-order valence-electron chi connectivity index (χ0n) is 18.0. The molecule has 1 fully saturated rings. The Morgan fingerprint density at radius 3 is 2.70 bits per heavy atom. The van der Waals surface area contributed by atoms with Crippen LogP contribution in [-0.4, -0.2) is 42.9 Å². The second-order valence-corrected chi connectivity index (χ2v) is 8.81. The van der Waals surface area contributed by atoms with Gasteiger partial charge in [0.2, 0.25) is 0 Å². The number of piperidine rings is 1. The van der Waals surface area contributed by atoms with E-state index >= 15 is 0 Å². The molecule has 6 heteroatoms. The Hall–Kier alpha value is -2.44. The van der Waals surface area contributed by atoms with Gasteiger partial charge in [-0.3, -0.25) is 15.0 Å². The molecule has 0 aromatic heterocycles. The van der Waals surface area contributed by atoms with E-state index in [0.29, 0.717) is 12.0 Å². The van der Waals surface area contributed by atoms with Crippen molar-refractivity contribution in [2.45, 2.75) is 44.6 Å². The van der Waals surface area contributed by atoms with Crippen LogP contribution in [0.5, 0.6) is 5.75 Å². The number of ether oxygens (including phenoxy) is 2. The van der Waals surface area contributed by atoms with Crippen LogP contribution in [0.2, 0.25) is 0 Å². The number of nitro benzene ring substituents is 1. The molecule has 1 aliphatic carbocycles. The Morgan fingerprint density at radius 1 is 1.23 bits per heavy atom. The molecule has 30 heavy (non-hydrogen) atoms. The lowest BCUT2D eigenvalue weighted by Gasteiger charge is -2.54. The minimum Gasteiger partial charge on any atom is -0.468 e. The third kappa shape index (κ3) is 3.82. The SMILES string of the molecule is COCOc1ccc2c(c1)C1(C)CCN(CCc3ccc([N+](=O)[O-])cc3)C(C2)C1C. The van der Waals surface area contributed by atoms with Gasteiger partial charge >= 0.3 is 0 Å². The Bertz CT molecular complexity index is 914. The van der Waals surface area contributed by atoms with Gasteiger partial charge in [-0.2, -0.15) is 0 Å². The monoisotopic (exact) mass is 410 g/mol. The number of hydrogen-bond acceptors (Lipinski definition) is 5. The van der Waals surface area contributed by atoms with E-state index in [1.54, 1.807) is 19.2 Å². The second kappa shape index (κ2) is 8.36. The molecule has 3 atom stereocenters. The Balaban J connectivity index is 1.48. The highest BCUT2D eigenvalue weighted by atomic mass is 16.7. The fourth-order valence-electron chi connectivity index (χ4n) is 5.24. The van der Waals surface area contributed by atoms with Gasteiger partial charge in [0.05, 0.1) is 4.92 Å². The van der Waals surface area contributed by atoms with Gasteiger partial charge in [-0.25, -0.2) is 0 Å². The van der Waals surface area contributed by atoms with Crippen molar-refractivity contribution >= 4 is 5.69 Å². The van der Waals surface area contributed by atoms with Crippen LogP contribution in [0.25, 0.3) is 0 Å². The van der Waals surface area contributed by atoms with Crippen molar-refractivity contribution in [3.8, 4) is 5.75 Å². The standard InChI is InChI=1S/C24H30N2O4/c1-17-23-14-19-6-9-21(30-16-29-3)15-22(19)24(17,2)11-13-25(23)12-10-18-4-7-20(8-5-18)26(27)28/h4-9,15,17,23H,10-14,16H2,1-3H3. The van der Waals surface area contributed by atoms with E-state index < -0.39 is 0 Å². The van der Waals surface area contributed by atoms with Gasteiger partial charge in [0, 0.05) is 31.8 Å². The van der Waals surface area contributed by atoms with E-state index in [-0.39, 0.29) is 22.8 Å². The maximum atomic E-state index is 10.9.